The van der Waals surface area contributed by atoms with Crippen LogP contribution in [0.25, 0.3) is 0 Å². The van der Waals surface area contributed by atoms with E-state index in [1.165, 1.54) is 15.6 Å². The molecular formula is C8H12N2O2S2. The van der Waals surface area contributed by atoms with Gasteiger partial charge in [0.1, 0.15) is 0 Å². The van der Waals surface area contributed by atoms with E-state index in [-0.39, 0.29) is 6.04 Å². The summed E-state index contributed by atoms with van der Waals surface area (Å²) in [5.74, 6) is 0. The van der Waals surface area contributed by atoms with Crippen LogP contribution in [0, 0.1) is 0 Å². The summed E-state index contributed by atoms with van der Waals surface area (Å²) in [6, 6.07) is 1.46. The number of thiophene rings is 1. The van der Waals surface area contributed by atoms with Crippen molar-refractivity contribution in [1.29, 1.82) is 0 Å². The highest BCUT2D eigenvalue weighted by atomic mass is 32.2. The number of sulfonamides is 1. The molecule has 0 saturated heterocycles. The zero-order valence-electron chi connectivity index (χ0n) is 7.80. The van der Waals surface area contributed by atoms with Gasteiger partial charge in [0.2, 0.25) is 10.0 Å². The molecule has 0 saturated carbocycles. The molecule has 0 aliphatic carbocycles. The van der Waals surface area contributed by atoms with E-state index in [1.807, 2.05) is 6.92 Å². The van der Waals surface area contributed by atoms with Gasteiger partial charge in [0.05, 0.1) is 10.9 Å². The Hall–Kier alpha value is -0.430. The Morgan fingerprint density at radius 3 is 3.07 bits per heavy atom. The second-order valence-electron chi connectivity index (χ2n) is 3.21. The van der Waals surface area contributed by atoms with E-state index < -0.39 is 10.0 Å². The normalized spacial score (nSPS) is 26.0. The van der Waals surface area contributed by atoms with Crippen molar-refractivity contribution < 1.29 is 8.42 Å². The van der Waals surface area contributed by atoms with Crippen molar-refractivity contribution in [2.75, 3.05) is 13.1 Å². The molecule has 0 radical (unpaired) electrons. The van der Waals surface area contributed by atoms with Crippen LogP contribution in [-0.2, 0) is 10.0 Å². The molecule has 0 spiro atoms. The van der Waals surface area contributed by atoms with Gasteiger partial charge >= 0.3 is 0 Å². The topological polar surface area (TPSA) is 63.4 Å². The Morgan fingerprint density at radius 2 is 2.43 bits per heavy atom. The summed E-state index contributed by atoms with van der Waals surface area (Å²) < 4.78 is 25.3. The molecule has 1 atom stereocenters. The van der Waals surface area contributed by atoms with Gasteiger partial charge in [0.15, 0.2) is 0 Å². The second kappa shape index (κ2) is 3.30. The first-order valence-electron chi connectivity index (χ1n) is 4.40. The van der Waals surface area contributed by atoms with Gasteiger partial charge in [-0.3, -0.25) is 0 Å². The van der Waals surface area contributed by atoms with Crippen molar-refractivity contribution >= 4 is 21.4 Å². The van der Waals surface area contributed by atoms with Gasteiger partial charge in [0.25, 0.3) is 0 Å². The van der Waals surface area contributed by atoms with Gasteiger partial charge in [-0.15, -0.1) is 11.3 Å². The maximum Gasteiger partial charge on any atom is 0.244 e. The predicted octanol–water partition coefficient (Wildman–Crippen LogP) is 0.772. The average molecular weight is 232 g/mol. The maximum atomic E-state index is 11.9. The first kappa shape index (κ1) is 10.1. The third-order valence-corrected chi connectivity index (χ3v) is 5.54. The van der Waals surface area contributed by atoms with Crippen molar-refractivity contribution in [3.05, 3.63) is 16.3 Å². The van der Waals surface area contributed by atoms with Crippen molar-refractivity contribution in [2.45, 2.75) is 17.9 Å². The van der Waals surface area contributed by atoms with E-state index in [9.17, 15) is 8.42 Å². The highest BCUT2D eigenvalue weighted by molar-refractivity contribution is 7.89. The Kier molecular flexibility index (Phi) is 2.38. The van der Waals surface area contributed by atoms with E-state index in [0.29, 0.717) is 18.0 Å². The quantitative estimate of drug-likeness (QED) is 0.778. The van der Waals surface area contributed by atoms with Crippen LogP contribution in [0.2, 0.25) is 0 Å². The minimum Gasteiger partial charge on any atom is -0.322 e. The largest absolute Gasteiger partial charge is 0.322 e. The molecule has 0 aromatic carbocycles. The summed E-state index contributed by atoms with van der Waals surface area (Å²) >= 11 is 1.42. The van der Waals surface area contributed by atoms with Gasteiger partial charge in [-0.2, -0.15) is 4.31 Å². The van der Waals surface area contributed by atoms with Gasteiger partial charge in [-0.05, 0) is 11.4 Å². The van der Waals surface area contributed by atoms with E-state index >= 15 is 0 Å². The molecule has 2 heterocycles. The Balaban J connectivity index is 2.59. The van der Waals surface area contributed by atoms with E-state index in [0.717, 1.165) is 4.88 Å². The number of hydrogen-bond acceptors (Lipinski definition) is 4. The SMILES string of the molecule is CCN1CC(N)c2sccc2S1(=O)=O. The maximum absolute atomic E-state index is 11.9. The fourth-order valence-corrected chi connectivity index (χ4v) is 4.58. The summed E-state index contributed by atoms with van der Waals surface area (Å²) in [4.78, 5) is 1.18. The van der Waals surface area contributed by atoms with Gasteiger partial charge in [-0.25, -0.2) is 8.42 Å². The third-order valence-electron chi connectivity index (χ3n) is 2.36. The van der Waals surface area contributed by atoms with Crippen LogP contribution in [0.3, 0.4) is 0 Å². The smallest absolute Gasteiger partial charge is 0.244 e. The lowest BCUT2D eigenvalue weighted by atomic mass is 10.2. The van der Waals surface area contributed by atoms with Gasteiger partial charge in [0, 0.05) is 18.0 Å². The second-order valence-corrected chi connectivity index (χ2v) is 6.07. The average Bonchev–Trinajstić information content (AvgIpc) is 2.60. The van der Waals surface area contributed by atoms with E-state index in [2.05, 4.69) is 0 Å². The molecule has 4 nitrogen and oxygen atoms in total. The molecule has 14 heavy (non-hydrogen) atoms. The van der Waals surface area contributed by atoms with Crippen LogP contribution in [0.1, 0.15) is 17.8 Å². The van der Waals surface area contributed by atoms with Crippen LogP contribution >= 0.6 is 11.3 Å². The van der Waals surface area contributed by atoms with Crippen molar-refractivity contribution in [2.24, 2.45) is 5.73 Å². The Morgan fingerprint density at radius 1 is 1.71 bits per heavy atom. The number of rotatable bonds is 1. The molecule has 1 aliphatic heterocycles. The standard InChI is InChI=1S/C8H12N2O2S2/c1-2-10-5-6(9)8-7(3-4-13-8)14(10,11)12/h3-4,6H,2,5,9H2,1H3. The molecule has 1 unspecified atom stereocenters. The van der Waals surface area contributed by atoms with Crippen LogP contribution in [0.15, 0.2) is 16.3 Å². The number of likely N-dealkylation sites (N-methyl/N-ethyl adjacent to an activating group) is 1. The molecule has 1 aromatic rings. The summed E-state index contributed by atoms with van der Waals surface area (Å²) in [6.45, 7) is 2.69. The number of nitrogens with two attached hydrogens (primary N) is 1. The molecule has 78 valence electrons. The van der Waals surface area contributed by atoms with Gasteiger partial charge < -0.3 is 5.73 Å². The highest BCUT2D eigenvalue weighted by Gasteiger charge is 2.35. The summed E-state index contributed by atoms with van der Waals surface area (Å²) in [6.07, 6.45) is 0. The lowest BCUT2D eigenvalue weighted by Crippen LogP contribution is -2.41. The Bertz CT molecular complexity index is 438. The molecule has 1 aromatic heterocycles. The molecule has 2 N–H and O–H groups in total. The minimum atomic E-state index is -3.26. The monoisotopic (exact) mass is 232 g/mol. The zero-order valence-corrected chi connectivity index (χ0v) is 9.44. The molecule has 1 aliphatic rings. The number of hydrogen-bond donors (Lipinski definition) is 1. The number of nitrogens with zero attached hydrogens (tertiary/aromatic N) is 1. The molecule has 6 heteroatoms. The lowest BCUT2D eigenvalue weighted by Gasteiger charge is -2.28. The molecule has 2 rings (SSSR count). The summed E-state index contributed by atoms with van der Waals surface area (Å²) in [7, 11) is -3.26. The van der Waals surface area contributed by atoms with Crippen LogP contribution in [0.4, 0.5) is 0 Å². The molecular weight excluding hydrogens is 220 g/mol. The summed E-state index contributed by atoms with van der Waals surface area (Å²) in [5, 5.41) is 1.78. The van der Waals surface area contributed by atoms with Crippen LogP contribution in [0.5, 0.6) is 0 Å². The summed E-state index contributed by atoms with van der Waals surface area (Å²) in [5.41, 5.74) is 5.88. The Labute approximate surface area is 87.4 Å². The van der Waals surface area contributed by atoms with Crippen LogP contribution in [-0.4, -0.2) is 25.8 Å². The first-order chi connectivity index (χ1) is 6.57. The molecule has 0 amide bonds. The molecule has 0 fully saturated rings. The fraction of sp³-hybridized carbons (Fsp3) is 0.500. The first-order valence-corrected chi connectivity index (χ1v) is 6.72. The lowest BCUT2D eigenvalue weighted by molar-refractivity contribution is 0.387. The minimum absolute atomic E-state index is 0.173. The number of fused-ring (bicyclic) bond motifs is 1. The van der Waals surface area contributed by atoms with E-state index in [4.69, 9.17) is 5.73 Å². The van der Waals surface area contributed by atoms with Gasteiger partial charge in [-0.1, -0.05) is 6.92 Å². The van der Waals surface area contributed by atoms with E-state index in [1.54, 1.807) is 11.4 Å². The van der Waals surface area contributed by atoms with Crippen molar-refractivity contribution in [3.63, 3.8) is 0 Å². The van der Waals surface area contributed by atoms with Crippen molar-refractivity contribution in [3.8, 4) is 0 Å². The molecule has 0 bridgehead atoms. The third kappa shape index (κ3) is 1.30. The van der Waals surface area contributed by atoms with Crippen molar-refractivity contribution in [1.82, 2.24) is 4.31 Å². The fourth-order valence-electron chi connectivity index (χ4n) is 1.63. The zero-order chi connectivity index (χ0) is 10.3. The highest BCUT2D eigenvalue weighted by Crippen LogP contribution is 2.34. The predicted molar refractivity (Wildman–Crippen MR) is 55.7 cm³/mol. The van der Waals surface area contributed by atoms with Crippen LogP contribution < -0.4 is 5.73 Å².